The molecule has 1 heterocycles. The fourth-order valence-corrected chi connectivity index (χ4v) is 3.78. The first-order valence-corrected chi connectivity index (χ1v) is 9.51. The standard InChI is InChI=1S/C23H12ClF4NO3/c24-17-5-2-4-16(23(26,27)28)19(17)21(30)15-11-29(20-14(15)3-1-6-18(20)25)13-9-7-12(8-10-13)22(31)32/h1-11H,(H,31,32). The summed E-state index contributed by atoms with van der Waals surface area (Å²) < 4.78 is 56.6. The molecule has 0 unspecified atom stereocenters. The van der Waals surface area contributed by atoms with E-state index in [1.807, 2.05) is 0 Å². The van der Waals surface area contributed by atoms with E-state index in [4.69, 9.17) is 16.7 Å². The quantitative estimate of drug-likeness (QED) is 0.284. The Hall–Kier alpha value is -3.65. The molecule has 3 aromatic carbocycles. The van der Waals surface area contributed by atoms with Crippen LogP contribution in [-0.4, -0.2) is 21.4 Å². The third kappa shape index (κ3) is 3.62. The Morgan fingerprint density at radius 1 is 0.938 bits per heavy atom. The molecule has 0 aliphatic heterocycles. The van der Waals surface area contributed by atoms with Crippen LogP contribution in [0.25, 0.3) is 16.6 Å². The van der Waals surface area contributed by atoms with Crippen molar-refractivity contribution in [1.82, 2.24) is 4.57 Å². The highest BCUT2D eigenvalue weighted by Crippen LogP contribution is 2.38. The third-order valence-electron chi connectivity index (χ3n) is 4.96. The molecule has 1 aromatic heterocycles. The summed E-state index contributed by atoms with van der Waals surface area (Å²) in [6, 6.07) is 12.3. The molecule has 0 aliphatic rings. The van der Waals surface area contributed by atoms with Gasteiger partial charge >= 0.3 is 12.1 Å². The minimum atomic E-state index is -4.83. The summed E-state index contributed by atoms with van der Waals surface area (Å²) in [5.41, 5.74) is -1.84. The maximum absolute atomic E-state index is 14.7. The van der Waals surface area contributed by atoms with Gasteiger partial charge in [0.25, 0.3) is 0 Å². The van der Waals surface area contributed by atoms with Crippen LogP contribution in [0.15, 0.2) is 66.9 Å². The number of carbonyl (C=O) groups is 2. The van der Waals surface area contributed by atoms with Gasteiger partial charge in [0.2, 0.25) is 0 Å². The third-order valence-corrected chi connectivity index (χ3v) is 5.27. The number of hydrogen-bond acceptors (Lipinski definition) is 2. The lowest BCUT2D eigenvalue weighted by Gasteiger charge is -2.13. The Labute approximate surface area is 183 Å². The van der Waals surface area contributed by atoms with E-state index < -0.39 is 34.9 Å². The highest BCUT2D eigenvalue weighted by Gasteiger charge is 2.37. The molecule has 32 heavy (non-hydrogen) atoms. The van der Waals surface area contributed by atoms with Crippen molar-refractivity contribution < 1.29 is 32.3 Å². The minimum absolute atomic E-state index is 0.00660. The molecule has 9 heteroatoms. The van der Waals surface area contributed by atoms with Gasteiger partial charge in [-0.25, -0.2) is 9.18 Å². The molecule has 0 saturated carbocycles. The second-order valence-electron chi connectivity index (χ2n) is 6.89. The Morgan fingerprint density at radius 3 is 2.22 bits per heavy atom. The first-order valence-electron chi connectivity index (χ1n) is 9.13. The molecule has 0 atom stereocenters. The molecule has 4 rings (SSSR count). The summed E-state index contributed by atoms with van der Waals surface area (Å²) in [6.07, 6.45) is -3.61. The van der Waals surface area contributed by atoms with Crippen molar-refractivity contribution >= 4 is 34.3 Å². The zero-order chi connectivity index (χ0) is 23.2. The van der Waals surface area contributed by atoms with Crippen LogP contribution in [-0.2, 0) is 6.18 Å². The van der Waals surface area contributed by atoms with Crippen molar-refractivity contribution in [2.75, 3.05) is 0 Å². The molecular weight excluding hydrogens is 450 g/mol. The summed E-state index contributed by atoms with van der Waals surface area (Å²) >= 11 is 5.98. The maximum atomic E-state index is 14.7. The number of aromatic nitrogens is 1. The molecule has 0 aliphatic carbocycles. The normalized spacial score (nSPS) is 11.7. The van der Waals surface area contributed by atoms with Crippen molar-refractivity contribution in [2.24, 2.45) is 0 Å². The molecule has 0 bridgehead atoms. The van der Waals surface area contributed by atoms with E-state index >= 15 is 0 Å². The van der Waals surface area contributed by atoms with E-state index in [1.165, 1.54) is 53.2 Å². The van der Waals surface area contributed by atoms with E-state index in [0.29, 0.717) is 5.69 Å². The van der Waals surface area contributed by atoms with Gasteiger partial charge in [-0.3, -0.25) is 4.79 Å². The van der Waals surface area contributed by atoms with E-state index in [-0.39, 0.29) is 27.1 Å². The number of benzene rings is 3. The lowest BCUT2D eigenvalue weighted by Crippen LogP contribution is -2.14. The Bertz CT molecular complexity index is 1370. The van der Waals surface area contributed by atoms with Gasteiger partial charge in [0, 0.05) is 22.8 Å². The van der Waals surface area contributed by atoms with Gasteiger partial charge in [0.15, 0.2) is 5.78 Å². The monoisotopic (exact) mass is 461 g/mol. The summed E-state index contributed by atoms with van der Waals surface area (Å²) in [6.45, 7) is 0. The summed E-state index contributed by atoms with van der Waals surface area (Å²) in [7, 11) is 0. The summed E-state index contributed by atoms with van der Waals surface area (Å²) in [4.78, 5) is 24.3. The van der Waals surface area contributed by atoms with Crippen molar-refractivity contribution in [3.8, 4) is 5.69 Å². The summed E-state index contributed by atoms with van der Waals surface area (Å²) in [5.74, 6) is -2.88. The minimum Gasteiger partial charge on any atom is -0.478 e. The van der Waals surface area contributed by atoms with E-state index in [1.54, 1.807) is 0 Å². The van der Waals surface area contributed by atoms with Crippen LogP contribution in [0.5, 0.6) is 0 Å². The number of aromatic carboxylic acids is 1. The topological polar surface area (TPSA) is 59.3 Å². The lowest BCUT2D eigenvalue weighted by atomic mass is 9.97. The van der Waals surface area contributed by atoms with Gasteiger partial charge in [-0.05, 0) is 42.5 Å². The van der Waals surface area contributed by atoms with Gasteiger partial charge in [-0.15, -0.1) is 0 Å². The zero-order valence-electron chi connectivity index (χ0n) is 16.0. The number of ketones is 1. The molecule has 0 radical (unpaired) electrons. The first-order chi connectivity index (χ1) is 15.1. The van der Waals surface area contributed by atoms with Crippen LogP contribution < -0.4 is 0 Å². The molecule has 4 aromatic rings. The second-order valence-corrected chi connectivity index (χ2v) is 7.30. The molecule has 4 nitrogen and oxygen atoms in total. The molecule has 0 spiro atoms. The van der Waals surface area contributed by atoms with Crippen LogP contribution in [0.1, 0.15) is 31.8 Å². The number of nitrogens with zero attached hydrogens (tertiary/aromatic N) is 1. The van der Waals surface area contributed by atoms with Gasteiger partial charge in [-0.1, -0.05) is 29.8 Å². The van der Waals surface area contributed by atoms with Crippen LogP contribution in [0, 0.1) is 5.82 Å². The van der Waals surface area contributed by atoms with Crippen molar-refractivity contribution in [3.63, 3.8) is 0 Å². The van der Waals surface area contributed by atoms with Crippen LogP contribution >= 0.6 is 11.6 Å². The molecule has 162 valence electrons. The number of halogens is 5. The number of carboxylic acid groups (broad SMARTS) is 1. The van der Waals surface area contributed by atoms with Crippen LogP contribution in [0.4, 0.5) is 17.6 Å². The van der Waals surface area contributed by atoms with Gasteiger partial charge in [0.05, 0.1) is 27.2 Å². The zero-order valence-corrected chi connectivity index (χ0v) is 16.7. The van der Waals surface area contributed by atoms with Crippen LogP contribution in [0.2, 0.25) is 5.02 Å². The number of fused-ring (bicyclic) bond motifs is 1. The predicted octanol–water partition coefficient (Wildman–Crippen LogP) is 6.37. The number of rotatable bonds is 4. The Kier molecular flexibility index (Phi) is 5.26. The SMILES string of the molecule is O=C(O)c1ccc(-n2cc(C(=O)c3c(Cl)cccc3C(F)(F)F)c3cccc(F)c32)cc1. The average molecular weight is 462 g/mol. The first kappa shape index (κ1) is 21.6. The number of para-hydroxylation sites is 1. The highest BCUT2D eigenvalue weighted by molar-refractivity contribution is 6.36. The largest absolute Gasteiger partial charge is 0.478 e. The van der Waals surface area contributed by atoms with Crippen molar-refractivity contribution in [1.29, 1.82) is 0 Å². The molecule has 0 amide bonds. The van der Waals surface area contributed by atoms with E-state index in [0.717, 1.165) is 18.2 Å². The summed E-state index contributed by atoms with van der Waals surface area (Å²) in [5, 5.41) is 8.77. The maximum Gasteiger partial charge on any atom is 0.417 e. The number of alkyl halides is 3. The molecular formula is C23H12ClF4NO3. The smallest absolute Gasteiger partial charge is 0.417 e. The highest BCUT2D eigenvalue weighted by atomic mass is 35.5. The predicted molar refractivity (Wildman–Crippen MR) is 110 cm³/mol. The number of carboxylic acids is 1. The molecule has 1 N–H and O–H groups in total. The van der Waals surface area contributed by atoms with Gasteiger partial charge in [-0.2, -0.15) is 13.2 Å². The second kappa shape index (κ2) is 7.80. The lowest BCUT2D eigenvalue weighted by molar-refractivity contribution is -0.137. The molecule has 0 saturated heterocycles. The molecule has 0 fully saturated rings. The number of carbonyl (C=O) groups excluding carboxylic acids is 1. The van der Waals surface area contributed by atoms with Crippen molar-refractivity contribution in [2.45, 2.75) is 6.18 Å². The van der Waals surface area contributed by atoms with E-state index in [2.05, 4.69) is 0 Å². The average Bonchev–Trinajstić information content (AvgIpc) is 3.13. The van der Waals surface area contributed by atoms with Gasteiger partial charge in [0.1, 0.15) is 5.82 Å². The fourth-order valence-electron chi connectivity index (χ4n) is 3.52. The fraction of sp³-hybridized carbons (Fsp3) is 0.0435. The Balaban J connectivity index is 1.96. The van der Waals surface area contributed by atoms with Gasteiger partial charge < -0.3 is 9.67 Å². The van der Waals surface area contributed by atoms with Crippen molar-refractivity contribution in [3.05, 3.63) is 100.0 Å². The van der Waals surface area contributed by atoms with Crippen LogP contribution in [0.3, 0.4) is 0 Å². The van der Waals surface area contributed by atoms with E-state index in [9.17, 15) is 27.2 Å². The Morgan fingerprint density at radius 2 is 1.59 bits per heavy atom. The number of hydrogen-bond donors (Lipinski definition) is 1.